The minimum absolute atomic E-state index is 0.712. The largest absolute Gasteiger partial charge is 0.380 e. The molecule has 2 aromatic carbocycles. The molecule has 2 aromatic rings. The van der Waals surface area contributed by atoms with Crippen LogP contribution in [0.25, 0.3) is 0 Å². The van der Waals surface area contributed by atoms with Gasteiger partial charge in [0.15, 0.2) is 0 Å². The third kappa shape index (κ3) is 3.39. The van der Waals surface area contributed by atoms with E-state index in [1.54, 1.807) is 0 Å². The van der Waals surface area contributed by atoms with Crippen LogP contribution in [0.3, 0.4) is 0 Å². The SMILES string of the molecule is Cc1ccc(NCc2cccc(Cl)c2)c(Cl)c1. The molecule has 0 fully saturated rings. The van der Waals surface area contributed by atoms with Gasteiger partial charge in [-0.3, -0.25) is 0 Å². The van der Waals surface area contributed by atoms with Crippen LogP contribution < -0.4 is 5.32 Å². The van der Waals surface area contributed by atoms with E-state index in [1.807, 2.05) is 49.4 Å². The number of nitrogens with one attached hydrogen (secondary N) is 1. The second-order valence-corrected chi connectivity index (χ2v) is 4.81. The first-order valence-electron chi connectivity index (χ1n) is 5.39. The van der Waals surface area contributed by atoms with Gasteiger partial charge in [-0.1, -0.05) is 41.4 Å². The van der Waals surface area contributed by atoms with Crippen LogP contribution in [0.15, 0.2) is 42.5 Å². The molecule has 0 heterocycles. The van der Waals surface area contributed by atoms with Gasteiger partial charge >= 0.3 is 0 Å². The predicted octanol–water partition coefficient (Wildman–Crippen LogP) is 4.91. The molecule has 3 heteroatoms. The number of rotatable bonds is 3. The van der Waals surface area contributed by atoms with Gasteiger partial charge in [-0.15, -0.1) is 0 Å². The Morgan fingerprint density at radius 1 is 1.06 bits per heavy atom. The van der Waals surface area contributed by atoms with Crippen molar-refractivity contribution in [3.8, 4) is 0 Å². The van der Waals surface area contributed by atoms with E-state index in [1.165, 1.54) is 0 Å². The van der Waals surface area contributed by atoms with Crippen LogP contribution in [0.4, 0.5) is 5.69 Å². The fraction of sp³-hybridized carbons (Fsp3) is 0.143. The van der Waals surface area contributed by atoms with Gasteiger partial charge in [-0.2, -0.15) is 0 Å². The normalized spacial score (nSPS) is 10.3. The molecule has 0 radical (unpaired) electrons. The molecule has 1 nitrogen and oxygen atoms in total. The lowest BCUT2D eigenvalue weighted by Gasteiger charge is -2.09. The molecule has 2 rings (SSSR count). The zero-order valence-corrected chi connectivity index (χ0v) is 11.0. The Hall–Kier alpha value is -1.18. The smallest absolute Gasteiger partial charge is 0.0640 e. The van der Waals surface area contributed by atoms with E-state index >= 15 is 0 Å². The minimum Gasteiger partial charge on any atom is -0.380 e. The number of hydrogen-bond acceptors (Lipinski definition) is 1. The Bertz CT molecular complexity index is 523. The highest BCUT2D eigenvalue weighted by atomic mass is 35.5. The highest BCUT2D eigenvalue weighted by Gasteiger charge is 2.00. The van der Waals surface area contributed by atoms with Crippen molar-refractivity contribution in [3.05, 3.63) is 63.6 Å². The average Bonchev–Trinajstić information content (AvgIpc) is 2.28. The molecule has 0 amide bonds. The van der Waals surface area contributed by atoms with Gasteiger partial charge in [0.25, 0.3) is 0 Å². The highest BCUT2D eigenvalue weighted by Crippen LogP contribution is 2.23. The van der Waals surface area contributed by atoms with E-state index in [0.29, 0.717) is 6.54 Å². The van der Waals surface area contributed by atoms with E-state index < -0.39 is 0 Å². The predicted molar refractivity (Wildman–Crippen MR) is 75.0 cm³/mol. The molecule has 0 aliphatic carbocycles. The first kappa shape index (κ1) is 12.3. The second-order valence-electron chi connectivity index (χ2n) is 3.97. The van der Waals surface area contributed by atoms with Crippen LogP contribution in [0, 0.1) is 6.92 Å². The molecule has 0 atom stereocenters. The first-order chi connectivity index (χ1) is 8.15. The molecule has 0 saturated heterocycles. The van der Waals surface area contributed by atoms with Gasteiger partial charge < -0.3 is 5.32 Å². The molecule has 88 valence electrons. The fourth-order valence-electron chi connectivity index (χ4n) is 1.61. The minimum atomic E-state index is 0.712. The summed E-state index contributed by atoms with van der Waals surface area (Å²) >= 11 is 12.1. The van der Waals surface area contributed by atoms with E-state index in [2.05, 4.69) is 5.32 Å². The number of benzene rings is 2. The first-order valence-corrected chi connectivity index (χ1v) is 6.15. The Kier molecular flexibility index (Phi) is 3.93. The summed E-state index contributed by atoms with van der Waals surface area (Å²) in [6.45, 7) is 2.73. The summed E-state index contributed by atoms with van der Waals surface area (Å²) in [6.07, 6.45) is 0. The molecule has 0 spiro atoms. The van der Waals surface area contributed by atoms with Gasteiger partial charge in [0.2, 0.25) is 0 Å². The van der Waals surface area contributed by atoms with E-state index in [9.17, 15) is 0 Å². The molecule has 0 unspecified atom stereocenters. The summed E-state index contributed by atoms with van der Waals surface area (Å²) in [5.74, 6) is 0. The molecule has 17 heavy (non-hydrogen) atoms. The zero-order valence-electron chi connectivity index (χ0n) is 9.50. The van der Waals surface area contributed by atoms with Crippen molar-refractivity contribution in [2.24, 2.45) is 0 Å². The summed E-state index contributed by atoms with van der Waals surface area (Å²) in [7, 11) is 0. The van der Waals surface area contributed by atoms with Gasteiger partial charge in [0, 0.05) is 11.6 Å². The topological polar surface area (TPSA) is 12.0 Å². The summed E-state index contributed by atoms with van der Waals surface area (Å²) in [5, 5.41) is 4.79. The summed E-state index contributed by atoms with van der Waals surface area (Å²) in [4.78, 5) is 0. The van der Waals surface area contributed by atoms with Crippen molar-refractivity contribution in [1.29, 1.82) is 0 Å². The van der Waals surface area contributed by atoms with Crippen molar-refractivity contribution in [3.63, 3.8) is 0 Å². The van der Waals surface area contributed by atoms with Crippen molar-refractivity contribution >= 4 is 28.9 Å². The zero-order chi connectivity index (χ0) is 12.3. The van der Waals surface area contributed by atoms with Crippen LogP contribution in [-0.2, 0) is 6.54 Å². The van der Waals surface area contributed by atoms with Crippen LogP contribution in [-0.4, -0.2) is 0 Å². The van der Waals surface area contributed by atoms with Gasteiger partial charge in [0.05, 0.1) is 10.7 Å². The van der Waals surface area contributed by atoms with Crippen LogP contribution in [0.2, 0.25) is 10.0 Å². The number of halogens is 2. The third-order valence-electron chi connectivity index (χ3n) is 2.50. The van der Waals surface area contributed by atoms with E-state index in [-0.39, 0.29) is 0 Å². The molecular formula is C14H13Cl2N. The fourth-order valence-corrected chi connectivity index (χ4v) is 2.12. The van der Waals surface area contributed by atoms with E-state index in [0.717, 1.165) is 26.9 Å². The molecule has 0 aliphatic heterocycles. The Morgan fingerprint density at radius 2 is 1.88 bits per heavy atom. The van der Waals surface area contributed by atoms with Crippen molar-refractivity contribution in [2.75, 3.05) is 5.32 Å². The summed E-state index contributed by atoms with van der Waals surface area (Å²) in [6, 6.07) is 13.7. The Balaban J connectivity index is 2.07. The monoisotopic (exact) mass is 265 g/mol. The van der Waals surface area contributed by atoms with Gasteiger partial charge in [0.1, 0.15) is 0 Å². The van der Waals surface area contributed by atoms with Crippen molar-refractivity contribution in [2.45, 2.75) is 13.5 Å². The lowest BCUT2D eigenvalue weighted by molar-refractivity contribution is 1.15. The molecule has 1 N–H and O–H groups in total. The van der Waals surface area contributed by atoms with E-state index in [4.69, 9.17) is 23.2 Å². The van der Waals surface area contributed by atoms with Crippen molar-refractivity contribution in [1.82, 2.24) is 0 Å². The Labute approximate surface area is 111 Å². The average molecular weight is 266 g/mol. The van der Waals surface area contributed by atoms with Crippen LogP contribution >= 0.6 is 23.2 Å². The standard InChI is InChI=1S/C14H13Cl2N/c1-10-5-6-14(13(16)7-10)17-9-11-3-2-4-12(15)8-11/h2-8,17H,9H2,1H3. The summed E-state index contributed by atoms with van der Waals surface area (Å²) < 4.78 is 0. The highest BCUT2D eigenvalue weighted by molar-refractivity contribution is 6.33. The number of aryl methyl sites for hydroxylation is 1. The lowest BCUT2D eigenvalue weighted by Crippen LogP contribution is -1.99. The molecule has 0 aliphatic rings. The molecule has 0 aromatic heterocycles. The number of hydrogen-bond donors (Lipinski definition) is 1. The quantitative estimate of drug-likeness (QED) is 0.831. The molecule has 0 bridgehead atoms. The lowest BCUT2D eigenvalue weighted by atomic mass is 10.2. The molecular weight excluding hydrogens is 253 g/mol. The maximum absolute atomic E-state index is 6.14. The maximum atomic E-state index is 6.14. The van der Waals surface area contributed by atoms with Gasteiger partial charge in [-0.05, 0) is 42.3 Å². The number of anilines is 1. The van der Waals surface area contributed by atoms with Gasteiger partial charge in [-0.25, -0.2) is 0 Å². The Morgan fingerprint density at radius 3 is 2.59 bits per heavy atom. The summed E-state index contributed by atoms with van der Waals surface area (Å²) in [5.41, 5.74) is 3.23. The molecule has 0 saturated carbocycles. The van der Waals surface area contributed by atoms with Crippen LogP contribution in [0.5, 0.6) is 0 Å². The maximum Gasteiger partial charge on any atom is 0.0640 e. The van der Waals surface area contributed by atoms with Crippen molar-refractivity contribution < 1.29 is 0 Å². The second kappa shape index (κ2) is 5.44. The van der Waals surface area contributed by atoms with Crippen LogP contribution in [0.1, 0.15) is 11.1 Å². The third-order valence-corrected chi connectivity index (χ3v) is 3.04.